The molecule has 0 spiro atoms. The third-order valence-electron chi connectivity index (χ3n) is 4.42. The Morgan fingerprint density at radius 1 is 0.762 bits per heavy atom. The molecule has 0 amide bonds. The van der Waals surface area contributed by atoms with E-state index < -0.39 is 7.22 Å². The molecule has 21 heavy (non-hydrogen) atoms. The Kier molecular flexibility index (Phi) is 4.69. The van der Waals surface area contributed by atoms with E-state index in [1.807, 2.05) is 0 Å². The Labute approximate surface area is 134 Å². The molecule has 2 aromatic rings. The van der Waals surface area contributed by atoms with Crippen LogP contribution in [-0.4, -0.2) is 7.22 Å². The van der Waals surface area contributed by atoms with Crippen molar-refractivity contribution < 1.29 is 0 Å². The lowest BCUT2D eigenvalue weighted by Crippen LogP contribution is -2.33. The van der Waals surface area contributed by atoms with Crippen molar-refractivity contribution in [1.29, 1.82) is 0 Å². The Morgan fingerprint density at radius 3 is 1.62 bits per heavy atom. The Bertz CT molecular complexity index is 589. The van der Waals surface area contributed by atoms with E-state index in [2.05, 4.69) is 101 Å². The number of aryl methyl sites for hydroxylation is 1. The number of benzene rings is 2. The van der Waals surface area contributed by atoms with Gasteiger partial charge in [0.25, 0.3) is 0 Å². The van der Waals surface area contributed by atoms with Crippen LogP contribution in [0.15, 0.2) is 53.4 Å². The van der Waals surface area contributed by atoms with Crippen molar-refractivity contribution in [2.75, 3.05) is 0 Å². The van der Waals surface area contributed by atoms with E-state index in [4.69, 9.17) is 0 Å². The zero-order chi connectivity index (χ0) is 15.7. The quantitative estimate of drug-likeness (QED) is 0.564. The van der Waals surface area contributed by atoms with E-state index in [-0.39, 0.29) is 0 Å². The van der Waals surface area contributed by atoms with Gasteiger partial charge in [0.15, 0.2) is 0 Å². The van der Waals surface area contributed by atoms with Crippen LogP contribution in [0.4, 0.5) is 0 Å². The molecule has 0 aliphatic rings. The maximum atomic E-state index is 2.46. The highest BCUT2D eigenvalue weighted by molar-refractivity contribution is 8.29. The van der Waals surface area contributed by atoms with Crippen molar-refractivity contribution in [2.24, 2.45) is 0 Å². The molecule has 0 nitrogen and oxygen atoms in total. The Hall–Kier alpha value is -0.993. The van der Waals surface area contributed by atoms with Gasteiger partial charge in [0.2, 0.25) is 0 Å². The highest BCUT2D eigenvalue weighted by Gasteiger charge is 2.36. The molecule has 0 N–H and O–H groups in total. The molecule has 2 aromatic carbocycles. The zero-order valence-corrected chi connectivity index (χ0v) is 15.8. The first kappa shape index (κ1) is 16.4. The highest BCUT2D eigenvalue weighted by Crippen LogP contribution is 2.46. The van der Waals surface area contributed by atoms with E-state index in [0.717, 1.165) is 0 Å². The van der Waals surface area contributed by atoms with Crippen molar-refractivity contribution in [1.82, 2.24) is 0 Å². The molecule has 0 radical (unpaired) electrons. The summed E-state index contributed by atoms with van der Waals surface area (Å²) < 4.78 is 0. The van der Waals surface area contributed by atoms with Crippen molar-refractivity contribution in [3.05, 3.63) is 54.1 Å². The summed E-state index contributed by atoms with van der Waals surface area (Å²) in [7, 11) is -1.33. The van der Waals surface area contributed by atoms with Crippen LogP contribution in [0.25, 0.3) is 11.1 Å². The summed E-state index contributed by atoms with van der Waals surface area (Å²) in [4.78, 5) is 1.40. The SMILES string of the molecule is Cc1ccc(-c2ccc(S[Si](C)(C)C(C)(C)C)cc2)cc1. The van der Waals surface area contributed by atoms with E-state index >= 15 is 0 Å². The summed E-state index contributed by atoms with van der Waals surface area (Å²) in [5, 5.41) is 0.410. The molecule has 0 aliphatic carbocycles. The van der Waals surface area contributed by atoms with Gasteiger partial charge in [-0.25, -0.2) is 0 Å². The van der Waals surface area contributed by atoms with Gasteiger partial charge in [-0.2, -0.15) is 11.2 Å². The largest absolute Gasteiger partial charge is 0.151 e. The van der Waals surface area contributed by atoms with E-state index in [1.54, 1.807) is 0 Å². The average molecular weight is 315 g/mol. The first-order valence-corrected chi connectivity index (χ1v) is 12.1. The normalized spacial score (nSPS) is 12.5. The van der Waals surface area contributed by atoms with Crippen LogP contribution in [0.1, 0.15) is 26.3 Å². The summed E-state index contributed by atoms with van der Waals surface area (Å²) in [5.74, 6) is 0. The van der Waals surface area contributed by atoms with Crippen LogP contribution < -0.4 is 0 Å². The number of hydrogen-bond donors (Lipinski definition) is 0. The second-order valence-corrected chi connectivity index (χ2v) is 16.1. The monoisotopic (exact) mass is 314 g/mol. The Morgan fingerprint density at radius 2 is 1.19 bits per heavy atom. The molecule has 0 fully saturated rings. The minimum absolute atomic E-state index is 0.410. The molecular weight excluding hydrogens is 288 g/mol. The average Bonchev–Trinajstić information content (AvgIpc) is 2.39. The molecular formula is C19H26SSi. The van der Waals surface area contributed by atoms with E-state index in [0.29, 0.717) is 5.04 Å². The summed E-state index contributed by atoms with van der Waals surface area (Å²) in [5.41, 5.74) is 3.91. The maximum Gasteiger partial charge on any atom is 0.122 e. The molecule has 0 saturated heterocycles. The van der Waals surface area contributed by atoms with Crippen LogP contribution in [0.2, 0.25) is 18.1 Å². The van der Waals surface area contributed by atoms with E-state index in [1.165, 1.54) is 21.6 Å². The third-order valence-corrected chi connectivity index (χ3v) is 13.1. The van der Waals surface area contributed by atoms with Crippen LogP contribution in [0.5, 0.6) is 0 Å². The summed E-state index contributed by atoms with van der Waals surface area (Å²) >= 11 is 2.10. The molecule has 0 aromatic heterocycles. The van der Waals surface area contributed by atoms with Gasteiger partial charge >= 0.3 is 0 Å². The van der Waals surface area contributed by atoms with Gasteiger partial charge in [0.05, 0.1) is 0 Å². The lowest BCUT2D eigenvalue weighted by atomic mass is 10.0. The number of hydrogen-bond acceptors (Lipinski definition) is 1. The predicted molar refractivity (Wildman–Crippen MR) is 99.7 cm³/mol. The minimum Gasteiger partial charge on any atom is -0.151 e. The van der Waals surface area contributed by atoms with Gasteiger partial charge < -0.3 is 0 Å². The standard InChI is InChI=1S/C19H26SSi/c1-15-7-9-16(10-8-15)17-11-13-18(14-12-17)20-21(5,6)19(2,3)4/h7-14H,1-6H3. The summed E-state index contributed by atoms with van der Waals surface area (Å²) in [6, 6.07) is 17.8. The lowest BCUT2D eigenvalue weighted by Gasteiger charge is -2.36. The van der Waals surface area contributed by atoms with Crippen LogP contribution in [-0.2, 0) is 0 Å². The molecule has 0 heterocycles. The van der Waals surface area contributed by atoms with Crippen molar-refractivity contribution in [2.45, 2.75) is 50.7 Å². The van der Waals surface area contributed by atoms with E-state index in [9.17, 15) is 0 Å². The van der Waals surface area contributed by atoms with Crippen LogP contribution in [0.3, 0.4) is 0 Å². The molecule has 2 rings (SSSR count). The van der Waals surface area contributed by atoms with Crippen LogP contribution >= 0.6 is 11.2 Å². The van der Waals surface area contributed by atoms with Gasteiger partial charge in [0, 0.05) is 4.90 Å². The Balaban J connectivity index is 2.18. The number of rotatable bonds is 3. The van der Waals surface area contributed by atoms with Gasteiger partial charge in [-0.05, 0) is 35.2 Å². The first-order chi connectivity index (χ1) is 9.69. The molecule has 0 aliphatic heterocycles. The summed E-state index contributed by atoms with van der Waals surface area (Å²) in [6.07, 6.45) is 0. The maximum absolute atomic E-state index is 2.46. The second kappa shape index (κ2) is 6.02. The van der Waals surface area contributed by atoms with Gasteiger partial charge in [-0.15, -0.1) is 0 Å². The fourth-order valence-electron chi connectivity index (χ4n) is 1.91. The topological polar surface area (TPSA) is 0 Å². The fraction of sp³-hybridized carbons (Fsp3) is 0.368. The van der Waals surface area contributed by atoms with Crippen molar-refractivity contribution >= 4 is 18.4 Å². The van der Waals surface area contributed by atoms with Gasteiger partial charge in [-0.1, -0.05) is 75.8 Å². The second-order valence-electron chi connectivity index (χ2n) is 7.25. The van der Waals surface area contributed by atoms with Gasteiger partial charge in [-0.3, -0.25) is 0 Å². The smallest absolute Gasteiger partial charge is 0.122 e. The molecule has 2 heteroatoms. The summed E-state index contributed by atoms with van der Waals surface area (Å²) in [6.45, 7) is 14.2. The molecule has 0 saturated carbocycles. The highest BCUT2D eigenvalue weighted by atomic mass is 32.4. The predicted octanol–water partition coefficient (Wildman–Crippen LogP) is 6.76. The molecule has 0 bridgehead atoms. The molecule has 0 unspecified atom stereocenters. The van der Waals surface area contributed by atoms with Crippen molar-refractivity contribution in [3.8, 4) is 11.1 Å². The molecule has 112 valence electrons. The van der Waals surface area contributed by atoms with Crippen LogP contribution in [0, 0.1) is 6.92 Å². The molecule has 0 atom stereocenters. The lowest BCUT2D eigenvalue weighted by molar-refractivity contribution is 0.736. The fourth-order valence-corrected chi connectivity index (χ4v) is 6.17. The first-order valence-electron chi connectivity index (χ1n) is 7.55. The minimum atomic E-state index is -1.33. The van der Waals surface area contributed by atoms with Crippen molar-refractivity contribution in [3.63, 3.8) is 0 Å². The van der Waals surface area contributed by atoms with Gasteiger partial charge in [0.1, 0.15) is 7.22 Å². The zero-order valence-electron chi connectivity index (χ0n) is 14.0. The third kappa shape index (κ3) is 4.01.